The first-order valence-corrected chi connectivity index (χ1v) is 5.73. The highest BCUT2D eigenvalue weighted by atomic mass is 16.6. The van der Waals surface area contributed by atoms with Gasteiger partial charge in [0.25, 0.3) is 0 Å². The molecule has 17 heavy (non-hydrogen) atoms. The van der Waals surface area contributed by atoms with Gasteiger partial charge in [0, 0.05) is 6.61 Å². The lowest BCUT2D eigenvalue weighted by Gasteiger charge is -2.23. The molecule has 0 bridgehead atoms. The first-order valence-electron chi connectivity index (χ1n) is 5.73. The molecule has 0 aromatic heterocycles. The number of esters is 1. The molecule has 0 radical (unpaired) electrons. The number of carbonyl (C=O) groups is 2. The normalized spacial score (nSPS) is 15.1. The minimum Gasteiger partial charge on any atom is -0.481 e. The predicted molar refractivity (Wildman–Crippen MR) is 62.7 cm³/mol. The summed E-state index contributed by atoms with van der Waals surface area (Å²) in [6, 6.07) is 0. The van der Waals surface area contributed by atoms with Gasteiger partial charge in [0.2, 0.25) is 0 Å². The molecule has 0 unspecified atom stereocenters. The zero-order chi connectivity index (χ0) is 13.6. The van der Waals surface area contributed by atoms with Gasteiger partial charge in [0.05, 0.1) is 18.4 Å². The van der Waals surface area contributed by atoms with Crippen molar-refractivity contribution in [2.45, 2.75) is 52.7 Å². The van der Waals surface area contributed by atoms with Gasteiger partial charge in [-0.25, -0.2) is 0 Å². The number of rotatable bonds is 6. The van der Waals surface area contributed by atoms with Crippen LogP contribution in [-0.2, 0) is 19.1 Å². The van der Waals surface area contributed by atoms with Gasteiger partial charge in [-0.15, -0.1) is 0 Å². The van der Waals surface area contributed by atoms with Crippen molar-refractivity contribution in [2.75, 3.05) is 6.61 Å². The van der Waals surface area contributed by atoms with Crippen molar-refractivity contribution in [1.82, 2.24) is 0 Å². The SMILES string of the molecule is CCO[C@@H](C)[C@H](CC(=O)OC(C)(C)C)C(=O)O. The zero-order valence-corrected chi connectivity index (χ0v) is 11.1. The second kappa shape index (κ2) is 6.59. The summed E-state index contributed by atoms with van der Waals surface area (Å²) >= 11 is 0. The predicted octanol–water partition coefficient (Wildman–Crippen LogP) is 1.84. The van der Waals surface area contributed by atoms with Crippen LogP contribution in [0.2, 0.25) is 0 Å². The Morgan fingerprint density at radius 1 is 1.29 bits per heavy atom. The molecule has 0 saturated heterocycles. The molecule has 0 aliphatic rings. The fourth-order valence-electron chi connectivity index (χ4n) is 1.40. The van der Waals surface area contributed by atoms with Gasteiger partial charge in [-0.05, 0) is 34.6 Å². The van der Waals surface area contributed by atoms with Crippen molar-refractivity contribution in [2.24, 2.45) is 5.92 Å². The Kier molecular flexibility index (Phi) is 6.16. The average molecular weight is 246 g/mol. The molecule has 0 aliphatic carbocycles. The van der Waals surface area contributed by atoms with E-state index in [4.69, 9.17) is 14.6 Å². The number of carboxylic acid groups (broad SMARTS) is 1. The molecule has 0 heterocycles. The average Bonchev–Trinajstić information content (AvgIpc) is 2.11. The molecule has 2 atom stereocenters. The highest BCUT2D eigenvalue weighted by molar-refractivity contribution is 5.79. The molecule has 0 fully saturated rings. The van der Waals surface area contributed by atoms with E-state index >= 15 is 0 Å². The van der Waals surface area contributed by atoms with Gasteiger partial charge >= 0.3 is 11.9 Å². The number of hydrogen-bond acceptors (Lipinski definition) is 4. The molecule has 0 rings (SSSR count). The standard InChI is InChI=1S/C12H22O5/c1-6-16-8(2)9(11(14)15)7-10(13)17-12(3,4)5/h8-9H,6-7H2,1-5H3,(H,14,15)/t8-,9-/m0/s1. The molecule has 100 valence electrons. The van der Waals surface area contributed by atoms with E-state index in [1.807, 2.05) is 0 Å². The maximum Gasteiger partial charge on any atom is 0.309 e. The third kappa shape index (κ3) is 6.94. The minimum atomic E-state index is -1.04. The van der Waals surface area contributed by atoms with Crippen LogP contribution in [0.5, 0.6) is 0 Å². The Morgan fingerprint density at radius 2 is 1.82 bits per heavy atom. The summed E-state index contributed by atoms with van der Waals surface area (Å²) in [7, 11) is 0. The lowest BCUT2D eigenvalue weighted by Crippen LogP contribution is -2.33. The van der Waals surface area contributed by atoms with Gasteiger partial charge in [0.1, 0.15) is 5.60 Å². The first-order chi connectivity index (χ1) is 7.67. The van der Waals surface area contributed by atoms with Crippen molar-refractivity contribution in [3.8, 4) is 0 Å². The van der Waals surface area contributed by atoms with Crippen molar-refractivity contribution >= 4 is 11.9 Å². The van der Waals surface area contributed by atoms with E-state index < -0.39 is 29.6 Å². The van der Waals surface area contributed by atoms with Crippen molar-refractivity contribution < 1.29 is 24.2 Å². The summed E-state index contributed by atoms with van der Waals surface area (Å²) in [5.74, 6) is -2.43. The van der Waals surface area contributed by atoms with Crippen LogP contribution >= 0.6 is 0 Å². The molecule has 0 aliphatic heterocycles. The van der Waals surface area contributed by atoms with Crippen molar-refractivity contribution in [1.29, 1.82) is 0 Å². The van der Waals surface area contributed by atoms with Crippen LogP contribution in [0.3, 0.4) is 0 Å². The van der Waals surface area contributed by atoms with Crippen LogP contribution in [0.4, 0.5) is 0 Å². The largest absolute Gasteiger partial charge is 0.481 e. The minimum absolute atomic E-state index is 0.173. The third-order valence-electron chi connectivity index (χ3n) is 2.12. The number of hydrogen-bond donors (Lipinski definition) is 1. The Balaban J connectivity index is 4.45. The van der Waals surface area contributed by atoms with Crippen LogP contribution in [0.25, 0.3) is 0 Å². The smallest absolute Gasteiger partial charge is 0.309 e. The lowest BCUT2D eigenvalue weighted by molar-refractivity contribution is -0.163. The van der Waals surface area contributed by atoms with E-state index in [2.05, 4.69) is 0 Å². The highest BCUT2D eigenvalue weighted by Gasteiger charge is 2.30. The fraction of sp³-hybridized carbons (Fsp3) is 0.833. The van der Waals surface area contributed by atoms with Gasteiger partial charge < -0.3 is 14.6 Å². The van der Waals surface area contributed by atoms with E-state index in [0.29, 0.717) is 6.61 Å². The molecule has 5 nitrogen and oxygen atoms in total. The summed E-state index contributed by atoms with van der Waals surface area (Å²) in [4.78, 5) is 22.6. The van der Waals surface area contributed by atoms with Gasteiger partial charge in [-0.1, -0.05) is 0 Å². The number of ether oxygens (including phenoxy) is 2. The molecule has 1 N–H and O–H groups in total. The molecule has 0 amide bonds. The van der Waals surface area contributed by atoms with Crippen molar-refractivity contribution in [3.05, 3.63) is 0 Å². The van der Waals surface area contributed by atoms with E-state index in [9.17, 15) is 9.59 Å². The summed E-state index contributed by atoms with van der Waals surface area (Å²) in [6.07, 6.45) is -0.682. The second-order valence-electron chi connectivity index (χ2n) is 4.90. The van der Waals surface area contributed by atoms with E-state index in [1.165, 1.54) is 0 Å². The molecule has 0 saturated carbocycles. The van der Waals surface area contributed by atoms with E-state index in [1.54, 1.807) is 34.6 Å². The van der Waals surface area contributed by atoms with Crippen LogP contribution in [0, 0.1) is 5.92 Å². The monoisotopic (exact) mass is 246 g/mol. The summed E-state index contributed by atoms with van der Waals surface area (Å²) in [5.41, 5.74) is -0.602. The van der Waals surface area contributed by atoms with Crippen LogP contribution in [0.1, 0.15) is 41.0 Å². The van der Waals surface area contributed by atoms with Gasteiger partial charge in [-0.2, -0.15) is 0 Å². The summed E-state index contributed by atoms with van der Waals surface area (Å²) in [5, 5.41) is 9.03. The quantitative estimate of drug-likeness (QED) is 0.724. The lowest BCUT2D eigenvalue weighted by atomic mass is 10.00. The zero-order valence-electron chi connectivity index (χ0n) is 11.1. The second-order valence-corrected chi connectivity index (χ2v) is 4.90. The van der Waals surface area contributed by atoms with Crippen LogP contribution in [0.15, 0.2) is 0 Å². The Bertz CT molecular complexity index is 267. The molecular formula is C12H22O5. The number of aliphatic carboxylic acids is 1. The Labute approximate surface area is 102 Å². The van der Waals surface area contributed by atoms with E-state index in [-0.39, 0.29) is 6.42 Å². The maximum atomic E-state index is 11.5. The maximum absolute atomic E-state index is 11.5. The molecule has 0 aromatic carbocycles. The summed E-state index contributed by atoms with van der Waals surface area (Å²) in [6.45, 7) is 9.07. The third-order valence-corrected chi connectivity index (χ3v) is 2.12. The summed E-state index contributed by atoms with van der Waals surface area (Å²) < 4.78 is 10.3. The Hall–Kier alpha value is -1.10. The Morgan fingerprint density at radius 3 is 2.18 bits per heavy atom. The van der Waals surface area contributed by atoms with Crippen molar-refractivity contribution in [3.63, 3.8) is 0 Å². The number of carbonyl (C=O) groups excluding carboxylic acids is 1. The first kappa shape index (κ1) is 15.9. The molecular weight excluding hydrogens is 224 g/mol. The molecule has 0 spiro atoms. The number of carboxylic acids is 1. The molecule has 5 heteroatoms. The van der Waals surface area contributed by atoms with Gasteiger partial charge in [-0.3, -0.25) is 9.59 Å². The van der Waals surface area contributed by atoms with Crippen LogP contribution < -0.4 is 0 Å². The van der Waals surface area contributed by atoms with Crippen LogP contribution in [-0.4, -0.2) is 35.4 Å². The van der Waals surface area contributed by atoms with E-state index in [0.717, 1.165) is 0 Å². The fourth-order valence-corrected chi connectivity index (χ4v) is 1.40. The highest BCUT2D eigenvalue weighted by Crippen LogP contribution is 2.16. The molecule has 0 aromatic rings. The van der Waals surface area contributed by atoms with Gasteiger partial charge in [0.15, 0.2) is 0 Å². The topological polar surface area (TPSA) is 72.8 Å².